The maximum absolute atomic E-state index is 5.58. The number of hydrogen-bond donors (Lipinski definition) is 0. The topological polar surface area (TPSA) is 26.0 Å². The van der Waals surface area contributed by atoms with Gasteiger partial charge in [-0.1, -0.05) is 75.0 Å². The predicted octanol–water partition coefficient (Wildman–Crippen LogP) is 7.51. The molecule has 0 saturated heterocycles. The van der Waals surface area contributed by atoms with Crippen molar-refractivity contribution < 1.29 is 9.30 Å². The van der Waals surface area contributed by atoms with E-state index in [1.807, 2.05) is 0 Å². The number of hydrogen-bond acceptors (Lipinski definition) is 2. The molecule has 1 aliphatic heterocycles. The van der Waals surface area contributed by atoms with Crippen LogP contribution in [0.4, 0.5) is 0 Å². The van der Waals surface area contributed by atoms with E-state index < -0.39 is 0 Å². The number of allylic oxidation sites excluding steroid dienone is 1. The molecule has 3 heteroatoms. The minimum absolute atomic E-state index is 0.152. The molecular formula is C34H31N2O+. The Labute approximate surface area is 218 Å². The summed E-state index contributed by atoms with van der Waals surface area (Å²) in [4.78, 5) is 5.42. The fourth-order valence-corrected chi connectivity index (χ4v) is 6.93. The lowest BCUT2D eigenvalue weighted by atomic mass is 9.66. The highest BCUT2D eigenvalue weighted by atomic mass is 16.5. The van der Waals surface area contributed by atoms with Crippen molar-refractivity contribution in [3.05, 3.63) is 108 Å². The third-order valence-corrected chi connectivity index (χ3v) is 8.57. The Balaban J connectivity index is 1.66. The summed E-state index contributed by atoms with van der Waals surface area (Å²) in [5.74, 6) is 0.291. The number of rotatable bonds is 5. The number of pyridine rings is 2. The lowest BCUT2D eigenvalue weighted by Crippen LogP contribution is -2.48. The molecule has 3 heterocycles. The number of ether oxygens (including phenoxy) is 1. The summed E-state index contributed by atoms with van der Waals surface area (Å²) in [6.45, 7) is 9.73. The van der Waals surface area contributed by atoms with Crippen LogP contribution in [0.15, 0.2) is 91.6 Å². The fraction of sp³-hybridized carbons (Fsp3) is 0.235. The summed E-state index contributed by atoms with van der Waals surface area (Å²) in [5, 5.41) is 5.12. The molecule has 5 aromatic rings. The molecule has 7 rings (SSSR count). The van der Waals surface area contributed by atoms with Crippen molar-refractivity contribution in [3.8, 4) is 22.5 Å². The predicted molar refractivity (Wildman–Crippen MR) is 151 cm³/mol. The third kappa shape index (κ3) is 3.04. The van der Waals surface area contributed by atoms with Gasteiger partial charge in [0, 0.05) is 30.8 Å². The maximum Gasteiger partial charge on any atom is 0.223 e. The number of nitrogens with zero attached hydrogens (tertiary/aromatic N) is 2. The Hall–Kier alpha value is -3.82. The zero-order valence-electron chi connectivity index (χ0n) is 21.7. The van der Waals surface area contributed by atoms with Crippen molar-refractivity contribution in [1.82, 2.24) is 4.98 Å². The molecule has 0 N–H and O–H groups in total. The van der Waals surface area contributed by atoms with E-state index in [1.54, 1.807) is 7.11 Å². The van der Waals surface area contributed by atoms with E-state index in [4.69, 9.17) is 9.72 Å². The van der Waals surface area contributed by atoms with Crippen LogP contribution in [0.25, 0.3) is 44.1 Å². The van der Waals surface area contributed by atoms with Crippen LogP contribution in [0, 0.1) is 0 Å². The Kier molecular flexibility index (Phi) is 4.90. The van der Waals surface area contributed by atoms with Crippen LogP contribution >= 0.6 is 0 Å². The molecule has 0 amide bonds. The average Bonchev–Trinajstić information content (AvgIpc) is 2.93. The van der Waals surface area contributed by atoms with Crippen LogP contribution in [-0.4, -0.2) is 18.7 Å². The molecule has 3 nitrogen and oxygen atoms in total. The number of fused-ring (bicyclic) bond motifs is 2. The van der Waals surface area contributed by atoms with E-state index in [-0.39, 0.29) is 11.5 Å². The van der Waals surface area contributed by atoms with Gasteiger partial charge in [0.25, 0.3) is 0 Å². The van der Waals surface area contributed by atoms with Crippen molar-refractivity contribution in [3.63, 3.8) is 0 Å². The Morgan fingerprint density at radius 3 is 2.57 bits per heavy atom. The maximum atomic E-state index is 5.58. The van der Waals surface area contributed by atoms with Gasteiger partial charge < -0.3 is 4.74 Å². The van der Waals surface area contributed by atoms with Gasteiger partial charge in [-0.25, -0.2) is 0 Å². The van der Waals surface area contributed by atoms with Crippen LogP contribution in [0.1, 0.15) is 49.0 Å². The van der Waals surface area contributed by atoms with E-state index in [9.17, 15) is 0 Å². The first-order valence-corrected chi connectivity index (χ1v) is 13.2. The first-order valence-electron chi connectivity index (χ1n) is 13.2. The summed E-state index contributed by atoms with van der Waals surface area (Å²) >= 11 is 0. The molecule has 0 fully saturated rings. The molecule has 2 aromatic heterocycles. The van der Waals surface area contributed by atoms with Gasteiger partial charge in [0.15, 0.2) is 12.2 Å². The van der Waals surface area contributed by atoms with E-state index in [1.165, 1.54) is 43.9 Å². The third-order valence-electron chi connectivity index (χ3n) is 8.57. The minimum atomic E-state index is -0.271. The van der Waals surface area contributed by atoms with Crippen LogP contribution in [-0.2, 0) is 10.2 Å². The summed E-state index contributed by atoms with van der Waals surface area (Å²) < 4.78 is 8.04. The molecule has 182 valence electrons. The van der Waals surface area contributed by atoms with Gasteiger partial charge in [-0.2, -0.15) is 4.57 Å². The van der Waals surface area contributed by atoms with E-state index >= 15 is 0 Å². The zero-order valence-corrected chi connectivity index (χ0v) is 21.7. The van der Waals surface area contributed by atoms with Gasteiger partial charge >= 0.3 is 0 Å². The molecule has 3 aromatic carbocycles. The van der Waals surface area contributed by atoms with Crippen molar-refractivity contribution in [2.45, 2.75) is 37.6 Å². The van der Waals surface area contributed by atoms with Gasteiger partial charge in [-0.05, 0) is 51.9 Å². The highest BCUT2D eigenvalue weighted by molar-refractivity contribution is 6.06. The Bertz CT molecular complexity index is 1720. The van der Waals surface area contributed by atoms with Gasteiger partial charge in [-0.15, -0.1) is 0 Å². The van der Waals surface area contributed by atoms with Crippen LogP contribution < -0.4 is 4.57 Å². The van der Waals surface area contributed by atoms with Crippen molar-refractivity contribution in [2.24, 2.45) is 0 Å². The first kappa shape index (κ1) is 22.4. The standard InChI is InChI=1S/C34H31N2O/c1-5-28-25(16-18-37-4)26-19-22-13-9-10-14-24(22)31-30(26)32-29-23(15-17-36(28)32)20-27(21-11-7-6-8-12-21)35-33(29)34(31,2)3/h5-15,17,19-20,25,28H,1,16,18H2,2-4H3/q+1. The number of benzene rings is 3. The van der Waals surface area contributed by atoms with Gasteiger partial charge in [0.05, 0.1) is 28.3 Å². The number of aromatic nitrogens is 2. The molecule has 2 unspecified atom stereocenters. The summed E-state index contributed by atoms with van der Waals surface area (Å²) in [6, 6.07) is 26.5. The molecule has 0 radical (unpaired) electrons. The van der Waals surface area contributed by atoms with E-state index in [0.29, 0.717) is 5.92 Å². The number of methoxy groups -OCH3 is 1. The van der Waals surface area contributed by atoms with E-state index in [0.717, 1.165) is 30.0 Å². The minimum Gasteiger partial charge on any atom is -0.385 e. The lowest BCUT2D eigenvalue weighted by molar-refractivity contribution is -0.706. The molecule has 0 spiro atoms. The van der Waals surface area contributed by atoms with E-state index in [2.05, 4.69) is 110 Å². The second kappa shape index (κ2) is 8.09. The highest BCUT2D eigenvalue weighted by Gasteiger charge is 2.48. The van der Waals surface area contributed by atoms with Gasteiger partial charge in [-0.3, -0.25) is 4.98 Å². The summed E-state index contributed by atoms with van der Waals surface area (Å²) in [7, 11) is 1.79. The van der Waals surface area contributed by atoms with Crippen LogP contribution in [0.2, 0.25) is 0 Å². The first-order chi connectivity index (χ1) is 18.0. The second-order valence-corrected chi connectivity index (χ2v) is 10.9. The van der Waals surface area contributed by atoms with Crippen molar-refractivity contribution in [2.75, 3.05) is 13.7 Å². The molecule has 2 atom stereocenters. The smallest absolute Gasteiger partial charge is 0.223 e. The fourth-order valence-electron chi connectivity index (χ4n) is 6.93. The summed E-state index contributed by atoms with van der Waals surface area (Å²) in [5.41, 5.74) is 8.53. The Morgan fingerprint density at radius 2 is 1.78 bits per heavy atom. The van der Waals surface area contributed by atoms with Crippen LogP contribution in [0.5, 0.6) is 0 Å². The van der Waals surface area contributed by atoms with Crippen LogP contribution in [0.3, 0.4) is 0 Å². The summed E-state index contributed by atoms with van der Waals surface area (Å²) in [6.07, 6.45) is 5.33. The molecule has 37 heavy (non-hydrogen) atoms. The van der Waals surface area contributed by atoms with Crippen molar-refractivity contribution >= 4 is 21.5 Å². The molecule has 0 saturated carbocycles. The quantitative estimate of drug-likeness (QED) is 0.191. The Morgan fingerprint density at radius 1 is 1.00 bits per heavy atom. The lowest BCUT2D eigenvalue weighted by Gasteiger charge is -2.39. The van der Waals surface area contributed by atoms with Gasteiger partial charge in [0.2, 0.25) is 5.69 Å². The molecule has 2 aliphatic rings. The average molecular weight is 484 g/mol. The highest BCUT2D eigenvalue weighted by Crippen LogP contribution is 2.55. The monoisotopic (exact) mass is 483 g/mol. The molecule has 1 aliphatic carbocycles. The van der Waals surface area contributed by atoms with Crippen molar-refractivity contribution in [1.29, 1.82) is 0 Å². The van der Waals surface area contributed by atoms with Gasteiger partial charge in [0.1, 0.15) is 0 Å². The largest absolute Gasteiger partial charge is 0.385 e. The SMILES string of the molecule is C=CC1C(CCOC)c2cc3ccccc3c3c2-c2c4c(nc(-c5ccccc5)cc4cc[n+]21)C3(C)C. The molecular weight excluding hydrogens is 452 g/mol. The zero-order chi connectivity index (χ0) is 25.3. The second-order valence-electron chi connectivity index (χ2n) is 10.9. The normalized spacial score (nSPS) is 18.8. The molecule has 0 bridgehead atoms.